The normalized spacial score (nSPS) is 11.6. The third-order valence-electron chi connectivity index (χ3n) is 1.76. The van der Waals surface area contributed by atoms with Crippen LogP contribution < -0.4 is 10.5 Å². The summed E-state index contributed by atoms with van der Waals surface area (Å²) in [6, 6.07) is 2.08. The average Bonchev–Trinajstić information content (AvgIpc) is 2.14. The zero-order valence-corrected chi connectivity index (χ0v) is 8.09. The molecule has 0 saturated carbocycles. The Bertz CT molecular complexity index is 430. The maximum absolute atomic E-state index is 12.4. The van der Waals surface area contributed by atoms with Crippen LogP contribution in [-0.2, 0) is 0 Å². The molecular formula is C9H6F5NO2. The fourth-order valence-electron chi connectivity index (χ4n) is 1.08. The molecule has 0 radical (unpaired) electrons. The molecule has 0 unspecified atom stereocenters. The Morgan fingerprint density at radius 1 is 1.29 bits per heavy atom. The predicted molar refractivity (Wildman–Crippen MR) is 46.6 cm³/mol. The summed E-state index contributed by atoms with van der Waals surface area (Å²) in [6.45, 7) is 0. The van der Waals surface area contributed by atoms with Gasteiger partial charge in [-0.1, -0.05) is 0 Å². The minimum Gasteiger partial charge on any atom is -0.405 e. The summed E-state index contributed by atoms with van der Waals surface area (Å²) in [4.78, 5) is 10.7. The molecule has 0 fully saturated rings. The van der Waals surface area contributed by atoms with Gasteiger partial charge < -0.3 is 10.5 Å². The van der Waals surface area contributed by atoms with Crippen molar-refractivity contribution in [1.82, 2.24) is 0 Å². The number of nitrogens with two attached hydrogens (primary N) is 1. The molecule has 0 aromatic heterocycles. The van der Waals surface area contributed by atoms with Crippen LogP contribution in [0.3, 0.4) is 0 Å². The maximum atomic E-state index is 12.4. The van der Waals surface area contributed by atoms with Gasteiger partial charge in [0, 0.05) is 5.56 Å². The molecule has 1 aromatic rings. The van der Waals surface area contributed by atoms with Gasteiger partial charge in [-0.05, 0) is 18.2 Å². The first kappa shape index (κ1) is 13.2. The number of alkyl halides is 5. The molecule has 1 amide bonds. The average molecular weight is 255 g/mol. The zero-order chi connectivity index (χ0) is 13.2. The SMILES string of the molecule is NC(=O)c1ccc(C(F)F)c(OC(F)(F)F)c1. The molecule has 17 heavy (non-hydrogen) atoms. The minimum atomic E-state index is -5.13. The van der Waals surface area contributed by atoms with Gasteiger partial charge in [-0.2, -0.15) is 0 Å². The summed E-state index contributed by atoms with van der Waals surface area (Å²) in [5.74, 6) is -2.18. The monoisotopic (exact) mass is 255 g/mol. The largest absolute Gasteiger partial charge is 0.573 e. The van der Waals surface area contributed by atoms with Gasteiger partial charge in [0.25, 0.3) is 6.43 Å². The second-order valence-corrected chi connectivity index (χ2v) is 2.97. The second-order valence-electron chi connectivity index (χ2n) is 2.97. The van der Waals surface area contributed by atoms with Crippen molar-refractivity contribution in [3.05, 3.63) is 29.3 Å². The lowest BCUT2D eigenvalue weighted by molar-refractivity contribution is -0.275. The van der Waals surface area contributed by atoms with Crippen LogP contribution in [0.5, 0.6) is 5.75 Å². The first-order chi connectivity index (χ1) is 7.70. The molecule has 2 N–H and O–H groups in total. The number of halogens is 5. The molecule has 0 saturated heterocycles. The van der Waals surface area contributed by atoms with Gasteiger partial charge >= 0.3 is 6.36 Å². The van der Waals surface area contributed by atoms with Crippen LogP contribution in [0.1, 0.15) is 22.3 Å². The van der Waals surface area contributed by atoms with Crippen molar-refractivity contribution in [3.63, 3.8) is 0 Å². The number of ether oxygens (including phenoxy) is 1. The predicted octanol–water partition coefficient (Wildman–Crippen LogP) is 2.62. The number of carbonyl (C=O) groups excluding carboxylic acids is 1. The Morgan fingerprint density at radius 2 is 1.88 bits per heavy atom. The highest BCUT2D eigenvalue weighted by atomic mass is 19.4. The van der Waals surface area contributed by atoms with Crippen LogP contribution in [0.15, 0.2) is 18.2 Å². The van der Waals surface area contributed by atoms with Crippen LogP contribution in [0, 0.1) is 0 Å². The van der Waals surface area contributed by atoms with E-state index in [1.807, 2.05) is 0 Å². The summed E-state index contributed by atoms with van der Waals surface area (Å²) in [7, 11) is 0. The van der Waals surface area contributed by atoms with Crippen LogP contribution >= 0.6 is 0 Å². The van der Waals surface area contributed by atoms with E-state index >= 15 is 0 Å². The Hall–Kier alpha value is -1.86. The van der Waals surface area contributed by atoms with Gasteiger partial charge in [0.05, 0.1) is 5.56 Å². The van der Waals surface area contributed by atoms with Crippen LogP contribution in [-0.4, -0.2) is 12.3 Å². The van der Waals surface area contributed by atoms with Crippen molar-refractivity contribution in [2.45, 2.75) is 12.8 Å². The summed E-state index contributed by atoms with van der Waals surface area (Å²) in [6.07, 6.45) is -8.28. The van der Waals surface area contributed by atoms with Crippen molar-refractivity contribution in [2.24, 2.45) is 5.73 Å². The zero-order valence-electron chi connectivity index (χ0n) is 8.09. The molecule has 0 aliphatic carbocycles. The van der Waals surface area contributed by atoms with E-state index in [1.54, 1.807) is 0 Å². The number of benzene rings is 1. The molecule has 0 heterocycles. The fraction of sp³-hybridized carbons (Fsp3) is 0.222. The third-order valence-corrected chi connectivity index (χ3v) is 1.76. The van der Waals surface area contributed by atoms with E-state index in [4.69, 9.17) is 5.73 Å². The molecule has 8 heteroatoms. The van der Waals surface area contributed by atoms with Crippen LogP contribution in [0.4, 0.5) is 22.0 Å². The lowest BCUT2D eigenvalue weighted by atomic mass is 10.1. The van der Waals surface area contributed by atoms with Crippen molar-refractivity contribution < 1.29 is 31.5 Å². The van der Waals surface area contributed by atoms with Gasteiger partial charge in [0.15, 0.2) is 0 Å². The highest BCUT2D eigenvalue weighted by molar-refractivity contribution is 5.93. The number of primary amides is 1. The number of carbonyl (C=O) groups is 1. The summed E-state index contributed by atoms with van der Waals surface area (Å²) < 4.78 is 63.9. The molecule has 0 aliphatic rings. The van der Waals surface area contributed by atoms with Crippen molar-refractivity contribution in [3.8, 4) is 5.75 Å². The fourth-order valence-corrected chi connectivity index (χ4v) is 1.08. The molecular weight excluding hydrogens is 249 g/mol. The summed E-state index contributed by atoms with van der Waals surface area (Å²) in [5.41, 5.74) is 3.49. The van der Waals surface area contributed by atoms with E-state index in [0.29, 0.717) is 12.1 Å². The molecule has 0 spiro atoms. The molecule has 3 nitrogen and oxygen atoms in total. The molecule has 1 rings (SSSR count). The summed E-state index contributed by atoms with van der Waals surface area (Å²) in [5, 5.41) is 0. The highest BCUT2D eigenvalue weighted by Crippen LogP contribution is 2.33. The molecule has 0 bridgehead atoms. The van der Waals surface area contributed by atoms with Gasteiger partial charge in [-0.3, -0.25) is 4.79 Å². The Morgan fingerprint density at radius 3 is 2.29 bits per heavy atom. The molecule has 0 atom stereocenters. The van der Waals surface area contributed by atoms with Gasteiger partial charge in [0.2, 0.25) is 5.91 Å². The third kappa shape index (κ3) is 3.58. The summed E-state index contributed by atoms with van der Waals surface area (Å²) >= 11 is 0. The standard InChI is InChI=1S/C9H6F5NO2/c10-7(11)5-2-1-4(8(15)16)3-6(5)17-9(12,13)14/h1-3,7H,(H2,15,16). The number of hydrogen-bond acceptors (Lipinski definition) is 2. The lowest BCUT2D eigenvalue weighted by Crippen LogP contribution is -2.19. The Kier molecular flexibility index (Phi) is 3.54. The van der Waals surface area contributed by atoms with Crippen molar-refractivity contribution in [1.29, 1.82) is 0 Å². The van der Waals surface area contributed by atoms with E-state index in [9.17, 15) is 26.7 Å². The number of rotatable bonds is 3. The quantitative estimate of drug-likeness (QED) is 0.844. The lowest BCUT2D eigenvalue weighted by Gasteiger charge is -2.13. The first-order valence-corrected chi connectivity index (χ1v) is 4.18. The first-order valence-electron chi connectivity index (χ1n) is 4.18. The minimum absolute atomic E-state index is 0.353. The van der Waals surface area contributed by atoms with E-state index in [-0.39, 0.29) is 5.56 Å². The number of hydrogen-bond donors (Lipinski definition) is 1. The van der Waals surface area contributed by atoms with Gasteiger partial charge in [-0.15, -0.1) is 13.2 Å². The smallest absolute Gasteiger partial charge is 0.405 e. The molecule has 1 aromatic carbocycles. The van der Waals surface area contributed by atoms with E-state index in [1.165, 1.54) is 0 Å². The van der Waals surface area contributed by atoms with Gasteiger partial charge in [0.1, 0.15) is 5.75 Å². The second kappa shape index (κ2) is 4.56. The molecule has 0 aliphatic heterocycles. The topological polar surface area (TPSA) is 52.3 Å². The Labute approximate surface area is 92.0 Å². The van der Waals surface area contributed by atoms with Gasteiger partial charge in [-0.25, -0.2) is 8.78 Å². The van der Waals surface area contributed by atoms with Crippen LogP contribution in [0.2, 0.25) is 0 Å². The van der Waals surface area contributed by atoms with Crippen molar-refractivity contribution >= 4 is 5.91 Å². The van der Waals surface area contributed by atoms with Crippen LogP contribution in [0.25, 0.3) is 0 Å². The van der Waals surface area contributed by atoms with E-state index in [0.717, 1.165) is 6.07 Å². The maximum Gasteiger partial charge on any atom is 0.573 e. The van der Waals surface area contributed by atoms with Crippen molar-refractivity contribution in [2.75, 3.05) is 0 Å². The highest BCUT2D eigenvalue weighted by Gasteiger charge is 2.33. The van der Waals surface area contributed by atoms with E-state index in [2.05, 4.69) is 4.74 Å². The number of amides is 1. The van der Waals surface area contributed by atoms with E-state index < -0.39 is 30.0 Å². The molecule has 94 valence electrons. The Balaban J connectivity index is 3.21.